The van der Waals surface area contributed by atoms with Gasteiger partial charge in [-0.3, -0.25) is 0 Å². The molecule has 2 heterocycles. The van der Waals surface area contributed by atoms with Crippen LogP contribution < -0.4 is 0 Å². The maximum absolute atomic E-state index is 3.65. The van der Waals surface area contributed by atoms with Gasteiger partial charge in [-0.05, 0) is 56.3 Å². The number of likely N-dealkylation sites (tertiary alicyclic amines) is 1. The van der Waals surface area contributed by atoms with Gasteiger partial charge < -0.3 is 9.88 Å². The van der Waals surface area contributed by atoms with E-state index in [9.17, 15) is 0 Å². The van der Waals surface area contributed by atoms with Crippen molar-refractivity contribution in [2.75, 3.05) is 20.1 Å². The largest absolute Gasteiger partial charge is 0.358 e. The molecule has 1 aromatic carbocycles. The molecule has 0 unspecified atom stereocenters. The summed E-state index contributed by atoms with van der Waals surface area (Å²) >= 11 is 0. The van der Waals surface area contributed by atoms with Gasteiger partial charge in [0.25, 0.3) is 0 Å². The van der Waals surface area contributed by atoms with Crippen molar-refractivity contribution in [3.8, 4) is 0 Å². The van der Waals surface area contributed by atoms with Crippen LogP contribution in [0.25, 0.3) is 10.9 Å². The number of hydrogen-bond donors (Lipinski definition) is 1. The second kappa shape index (κ2) is 3.86. The number of para-hydroxylation sites is 1. The second-order valence-electron chi connectivity index (χ2n) is 6.02. The fraction of sp³-hybridized carbons (Fsp3) is 0.500. The molecule has 2 heteroatoms. The van der Waals surface area contributed by atoms with E-state index in [2.05, 4.69) is 41.2 Å². The lowest BCUT2D eigenvalue weighted by Gasteiger charge is -2.40. The predicted octanol–water partition coefficient (Wildman–Crippen LogP) is 3.15. The molecule has 1 N–H and O–H groups in total. The molecule has 1 saturated heterocycles. The molecular weight excluding hydrogens is 220 g/mol. The molecule has 4 rings (SSSR count). The molecule has 1 aliphatic heterocycles. The number of aromatic nitrogens is 1. The maximum Gasteiger partial charge on any atom is 0.0459 e. The third-order valence-electron chi connectivity index (χ3n) is 4.90. The van der Waals surface area contributed by atoms with Crippen molar-refractivity contribution in [1.29, 1.82) is 0 Å². The van der Waals surface area contributed by atoms with Crippen LogP contribution in [-0.2, 0) is 6.42 Å². The third-order valence-corrected chi connectivity index (χ3v) is 4.90. The number of rotatable bonds is 0. The van der Waals surface area contributed by atoms with Crippen LogP contribution in [0.5, 0.6) is 0 Å². The summed E-state index contributed by atoms with van der Waals surface area (Å²) in [6, 6.07) is 8.83. The smallest absolute Gasteiger partial charge is 0.0459 e. The molecule has 2 nitrogen and oxygen atoms in total. The number of hydrogen-bond acceptors (Lipinski definition) is 1. The topological polar surface area (TPSA) is 19.0 Å². The summed E-state index contributed by atoms with van der Waals surface area (Å²) < 4.78 is 0. The van der Waals surface area contributed by atoms with Crippen LogP contribution >= 0.6 is 0 Å². The standard InChI is InChI=1S/C16H20N2/c1-18-9-8-12-11(10-18)6-7-15-16(12)13-4-2-3-5-14(13)17-15/h2-5,11-12,17H,6-10H2,1H3/t11-,12-/m1/s1. The Morgan fingerprint density at radius 3 is 3.06 bits per heavy atom. The van der Waals surface area contributed by atoms with Gasteiger partial charge in [0.15, 0.2) is 0 Å². The molecule has 2 aromatic rings. The van der Waals surface area contributed by atoms with Gasteiger partial charge in [0.1, 0.15) is 0 Å². The lowest BCUT2D eigenvalue weighted by molar-refractivity contribution is 0.169. The maximum atomic E-state index is 3.65. The number of fused-ring (bicyclic) bond motifs is 5. The van der Waals surface area contributed by atoms with Crippen molar-refractivity contribution < 1.29 is 0 Å². The van der Waals surface area contributed by atoms with E-state index < -0.39 is 0 Å². The fourth-order valence-corrected chi connectivity index (χ4v) is 4.06. The van der Waals surface area contributed by atoms with E-state index in [-0.39, 0.29) is 0 Å². The van der Waals surface area contributed by atoms with E-state index >= 15 is 0 Å². The van der Waals surface area contributed by atoms with Gasteiger partial charge in [-0.25, -0.2) is 0 Å². The Hall–Kier alpha value is -1.28. The highest BCUT2D eigenvalue weighted by Gasteiger charge is 2.35. The zero-order valence-electron chi connectivity index (χ0n) is 10.9. The molecule has 2 atom stereocenters. The molecule has 1 aromatic heterocycles. The molecule has 0 radical (unpaired) electrons. The molecule has 18 heavy (non-hydrogen) atoms. The zero-order chi connectivity index (χ0) is 12.1. The van der Waals surface area contributed by atoms with Crippen molar-refractivity contribution in [1.82, 2.24) is 9.88 Å². The monoisotopic (exact) mass is 240 g/mol. The number of aromatic amines is 1. The first kappa shape index (κ1) is 10.6. The molecule has 0 saturated carbocycles. The molecule has 1 aliphatic carbocycles. The van der Waals surface area contributed by atoms with Crippen LogP contribution in [0.15, 0.2) is 24.3 Å². The molecule has 94 valence electrons. The van der Waals surface area contributed by atoms with Crippen molar-refractivity contribution >= 4 is 10.9 Å². The average molecular weight is 240 g/mol. The minimum Gasteiger partial charge on any atom is -0.358 e. The summed E-state index contributed by atoms with van der Waals surface area (Å²) in [6.45, 7) is 2.53. The van der Waals surface area contributed by atoms with Crippen molar-refractivity contribution in [2.45, 2.75) is 25.2 Å². The number of H-pyrrole nitrogens is 1. The van der Waals surface area contributed by atoms with E-state index in [4.69, 9.17) is 0 Å². The Balaban J connectivity index is 1.86. The first-order chi connectivity index (χ1) is 8.83. The molecule has 1 fully saturated rings. The van der Waals surface area contributed by atoms with E-state index in [0.29, 0.717) is 0 Å². The number of benzene rings is 1. The predicted molar refractivity (Wildman–Crippen MR) is 75.0 cm³/mol. The van der Waals surface area contributed by atoms with Crippen LogP contribution in [-0.4, -0.2) is 30.0 Å². The number of aryl methyl sites for hydroxylation is 1. The number of nitrogens with zero attached hydrogens (tertiary/aromatic N) is 1. The van der Waals surface area contributed by atoms with Gasteiger partial charge in [0.05, 0.1) is 0 Å². The molecule has 2 aliphatic rings. The summed E-state index contributed by atoms with van der Waals surface area (Å²) in [5, 5.41) is 1.48. The number of nitrogens with one attached hydrogen (secondary N) is 1. The number of piperidine rings is 1. The summed E-state index contributed by atoms with van der Waals surface area (Å²) in [6.07, 6.45) is 3.92. The minimum atomic E-state index is 0.793. The molecule has 0 bridgehead atoms. The van der Waals surface area contributed by atoms with Crippen LogP contribution in [0.2, 0.25) is 0 Å². The van der Waals surface area contributed by atoms with Gasteiger partial charge >= 0.3 is 0 Å². The summed E-state index contributed by atoms with van der Waals surface area (Å²) in [5.74, 6) is 1.66. The highest BCUT2D eigenvalue weighted by atomic mass is 15.1. The lowest BCUT2D eigenvalue weighted by atomic mass is 9.73. The SMILES string of the molecule is CN1CC[C@H]2c3c([nH]c4ccccc34)CC[C@@H]2C1. The summed E-state index contributed by atoms with van der Waals surface area (Å²) in [5.41, 5.74) is 4.50. The summed E-state index contributed by atoms with van der Waals surface area (Å²) in [7, 11) is 2.26. The summed E-state index contributed by atoms with van der Waals surface area (Å²) in [4.78, 5) is 6.15. The van der Waals surface area contributed by atoms with Crippen molar-refractivity contribution in [3.05, 3.63) is 35.5 Å². The fourth-order valence-electron chi connectivity index (χ4n) is 4.06. The second-order valence-corrected chi connectivity index (χ2v) is 6.02. The minimum absolute atomic E-state index is 0.793. The van der Waals surface area contributed by atoms with Gasteiger partial charge in [-0.15, -0.1) is 0 Å². The Morgan fingerprint density at radius 1 is 1.22 bits per heavy atom. The molecular formula is C16H20N2. The van der Waals surface area contributed by atoms with Crippen LogP contribution in [0.1, 0.15) is 30.0 Å². The average Bonchev–Trinajstić information content (AvgIpc) is 2.77. The Kier molecular flexibility index (Phi) is 2.28. The van der Waals surface area contributed by atoms with Gasteiger partial charge in [-0.2, -0.15) is 0 Å². The van der Waals surface area contributed by atoms with Crippen LogP contribution in [0.4, 0.5) is 0 Å². The Bertz CT molecular complexity index is 584. The zero-order valence-corrected chi connectivity index (χ0v) is 10.9. The quantitative estimate of drug-likeness (QED) is 0.749. The van der Waals surface area contributed by atoms with Gasteiger partial charge in [0.2, 0.25) is 0 Å². The lowest BCUT2D eigenvalue weighted by Crippen LogP contribution is -2.39. The van der Waals surface area contributed by atoms with Crippen molar-refractivity contribution in [2.24, 2.45) is 5.92 Å². The third kappa shape index (κ3) is 1.45. The van der Waals surface area contributed by atoms with E-state index in [0.717, 1.165) is 11.8 Å². The van der Waals surface area contributed by atoms with Gasteiger partial charge in [0, 0.05) is 23.1 Å². The molecule has 0 spiro atoms. The van der Waals surface area contributed by atoms with E-state index in [1.54, 1.807) is 5.56 Å². The Morgan fingerprint density at radius 2 is 2.11 bits per heavy atom. The van der Waals surface area contributed by atoms with Gasteiger partial charge in [-0.1, -0.05) is 18.2 Å². The highest BCUT2D eigenvalue weighted by Crippen LogP contribution is 2.44. The van der Waals surface area contributed by atoms with Crippen LogP contribution in [0.3, 0.4) is 0 Å². The molecule has 0 amide bonds. The Labute approximate surface area is 108 Å². The normalized spacial score (nSPS) is 28.1. The first-order valence-electron chi connectivity index (χ1n) is 7.11. The van der Waals surface area contributed by atoms with E-state index in [1.807, 2.05) is 0 Å². The first-order valence-corrected chi connectivity index (χ1v) is 7.11. The van der Waals surface area contributed by atoms with Crippen LogP contribution in [0, 0.1) is 5.92 Å². The highest BCUT2D eigenvalue weighted by molar-refractivity contribution is 5.85. The van der Waals surface area contributed by atoms with Crippen molar-refractivity contribution in [3.63, 3.8) is 0 Å². The van der Waals surface area contributed by atoms with E-state index in [1.165, 1.54) is 48.9 Å².